The summed E-state index contributed by atoms with van der Waals surface area (Å²) in [7, 11) is 0. The molecule has 18 heteroatoms. The summed E-state index contributed by atoms with van der Waals surface area (Å²) < 4.78 is 34.9. The molecule has 0 amide bonds. The topological polar surface area (TPSA) is 292 Å². The van der Waals surface area contributed by atoms with Crippen molar-refractivity contribution >= 4 is 11.9 Å². The zero-order chi connectivity index (χ0) is 46.6. The minimum atomic E-state index is -1.84. The van der Waals surface area contributed by atoms with Crippen LogP contribution in [0.5, 0.6) is 0 Å². The van der Waals surface area contributed by atoms with Gasteiger partial charge in [-0.05, 0) is 110 Å². The van der Waals surface area contributed by atoms with E-state index in [0.29, 0.717) is 19.3 Å². The van der Waals surface area contributed by atoms with Gasteiger partial charge >= 0.3 is 11.9 Å². The maximum Gasteiger partial charge on any atom is 0.335 e. The second-order valence-electron chi connectivity index (χ2n) is 22.4. The van der Waals surface area contributed by atoms with E-state index in [-0.39, 0.29) is 39.9 Å². The van der Waals surface area contributed by atoms with Gasteiger partial charge in [-0.15, -0.1) is 0 Å². The Labute approximate surface area is 373 Å². The van der Waals surface area contributed by atoms with E-state index in [1.54, 1.807) is 0 Å². The van der Waals surface area contributed by atoms with Gasteiger partial charge in [0.15, 0.2) is 18.7 Å². The molecule has 3 aliphatic heterocycles. The van der Waals surface area contributed by atoms with Crippen molar-refractivity contribution in [3.05, 3.63) is 11.6 Å². The average Bonchev–Trinajstić information content (AvgIpc) is 3.51. The summed E-state index contributed by atoms with van der Waals surface area (Å²) in [6.07, 6.45) is -13.0. The first-order valence-corrected chi connectivity index (χ1v) is 23.3. The molecule has 0 aromatic carbocycles. The lowest BCUT2D eigenvalue weighted by molar-refractivity contribution is -0.341. The molecule has 8 aliphatic rings. The fourth-order valence-electron chi connectivity index (χ4n) is 14.5. The van der Waals surface area contributed by atoms with Gasteiger partial charge in [0.25, 0.3) is 0 Å². The zero-order valence-electron chi connectivity index (χ0n) is 37.8. The highest BCUT2D eigenvalue weighted by molar-refractivity contribution is 5.79. The number of ether oxygens (including phenoxy) is 6. The number of allylic oxidation sites excluding steroid dienone is 2. The van der Waals surface area contributed by atoms with Gasteiger partial charge in [0.2, 0.25) is 6.29 Å². The fourth-order valence-corrected chi connectivity index (χ4v) is 14.5. The predicted octanol–water partition coefficient (Wildman–Crippen LogP) is 0.482. The van der Waals surface area contributed by atoms with Crippen LogP contribution < -0.4 is 0 Å². The Bertz CT molecular complexity index is 1770. The van der Waals surface area contributed by atoms with Gasteiger partial charge in [0.05, 0.1) is 24.7 Å². The fraction of sp³-hybridized carbons (Fsp3) is 0.913. The number of hydrogen-bond acceptors (Lipinski definition) is 17. The third kappa shape index (κ3) is 7.71. The van der Waals surface area contributed by atoms with Gasteiger partial charge in [-0.1, -0.05) is 53.2 Å². The first kappa shape index (κ1) is 48.6. The van der Waals surface area contributed by atoms with E-state index < -0.39 is 128 Å². The molecule has 0 spiro atoms. The molecule has 0 unspecified atom stereocenters. The molecule has 0 aromatic heterocycles. The highest BCUT2D eigenvalue weighted by Gasteiger charge is 2.67. The van der Waals surface area contributed by atoms with Crippen molar-refractivity contribution in [1.29, 1.82) is 0 Å². The number of aliphatic hydroxyl groups excluding tert-OH is 9. The van der Waals surface area contributed by atoms with Gasteiger partial charge < -0.3 is 79.5 Å². The summed E-state index contributed by atoms with van der Waals surface area (Å²) in [4.78, 5) is 27.0. The van der Waals surface area contributed by atoms with E-state index in [0.717, 1.165) is 44.9 Å². The number of carboxylic acids is 1. The smallest absolute Gasteiger partial charge is 0.335 e. The Morgan fingerprint density at radius 3 is 1.89 bits per heavy atom. The Morgan fingerprint density at radius 2 is 1.23 bits per heavy atom. The molecule has 0 bridgehead atoms. The molecule has 0 aromatic rings. The van der Waals surface area contributed by atoms with Crippen LogP contribution in [0.2, 0.25) is 0 Å². The Morgan fingerprint density at radius 1 is 0.641 bits per heavy atom. The number of fused-ring (bicyclic) bond motifs is 7. The van der Waals surface area contributed by atoms with Crippen LogP contribution in [0.3, 0.4) is 0 Å². The minimum Gasteiger partial charge on any atom is -0.479 e. The van der Waals surface area contributed by atoms with E-state index in [1.165, 1.54) is 5.57 Å². The molecule has 18 nitrogen and oxygen atoms in total. The largest absolute Gasteiger partial charge is 0.479 e. The summed E-state index contributed by atoms with van der Waals surface area (Å²) in [5, 5.41) is 104. The Balaban J connectivity index is 0.993. The molecule has 7 fully saturated rings. The van der Waals surface area contributed by atoms with E-state index in [1.807, 2.05) is 0 Å². The molecule has 4 saturated carbocycles. The van der Waals surface area contributed by atoms with Gasteiger partial charge in [-0.2, -0.15) is 0 Å². The Kier molecular flexibility index (Phi) is 13.1. The molecule has 3 heterocycles. The van der Waals surface area contributed by atoms with Crippen LogP contribution in [-0.4, -0.2) is 168 Å². The highest BCUT2D eigenvalue weighted by atomic mass is 16.8. The molecule has 0 radical (unpaired) electrons. The standard InChI is InChI=1S/C46H72O18/c1-42(2)15-16-46(41(58)64-39-33(54)30(51)28(49)23(18-47)60-39)14-9-21-20(22(46)17-42)7-8-26-44(21,5)12-10-25-43(3,4)27(11-13-45(25,26)6)61-40-34(55)31(52)35(36(63-40)37(56)57)62-38-32(53)29(50)24(19-48)59-38/h7,21-36,38-40,47-55H,8-19H2,1-6H3,(H,56,57)/t21-,22-,23+,24-,25+,26+,27-,28+,29-,30-,31+,32+,33+,34+,35-,36-,38-,39-,40+,44-,45+,46-/m0/s1. The molecule has 10 N–H and O–H groups in total. The number of esters is 1. The van der Waals surface area contributed by atoms with Crippen LogP contribution in [0.15, 0.2) is 11.6 Å². The minimum absolute atomic E-state index is 0.0470. The zero-order valence-corrected chi connectivity index (χ0v) is 37.8. The van der Waals surface area contributed by atoms with E-state index in [9.17, 15) is 60.7 Å². The monoisotopic (exact) mass is 912 g/mol. The van der Waals surface area contributed by atoms with Gasteiger partial charge in [-0.25, -0.2) is 4.79 Å². The lowest BCUT2D eigenvalue weighted by Crippen LogP contribution is -2.65. The summed E-state index contributed by atoms with van der Waals surface area (Å²) >= 11 is 0. The summed E-state index contributed by atoms with van der Waals surface area (Å²) in [6.45, 7) is 12.3. The quantitative estimate of drug-likeness (QED) is 0.0855. The van der Waals surface area contributed by atoms with Crippen molar-refractivity contribution < 1.29 is 89.1 Å². The number of aliphatic carboxylic acids is 1. The van der Waals surface area contributed by atoms with Crippen molar-refractivity contribution in [3.8, 4) is 0 Å². The lowest BCUT2D eigenvalue weighted by atomic mass is 9.37. The number of rotatable bonds is 9. The number of carbonyl (C=O) groups excluding carboxylic acids is 1. The normalized spacial score (nSPS) is 52.0. The highest BCUT2D eigenvalue weighted by Crippen LogP contribution is 2.72. The molecule has 364 valence electrons. The molecule has 5 aliphatic carbocycles. The number of carboxylic acid groups (broad SMARTS) is 1. The molecular weight excluding hydrogens is 840 g/mol. The van der Waals surface area contributed by atoms with Crippen LogP contribution in [0.4, 0.5) is 0 Å². The average molecular weight is 913 g/mol. The van der Waals surface area contributed by atoms with Crippen LogP contribution in [-0.2, 0) is 38.0 Å². The molecule has 8 rings (SSSR count). The van der Waals surface area contributed by atoms with Crippen LogP contribution in [0.25, 0.3) is 0 Å². The van der Waals surface area contributed by atoms with Crippen molar-refractivity contribution in [2.45, 2.75) is 198 Å². The van der Waals surface area contributed by atoms with Gasteiger partial charge in [-0.3, -0.25) is 4.79 Å². The lowest BCUT2D eigenvalue weighted by Gasteiger charge is -2.68. The third-order valence-electron chi connectivity index (χ3n) is 18.1. The number of aliphatic hydroxyl groups is 9. The van der Waals surface area contributed by atoms with Crippen molar-refractivity contribution in [2.24, 2.45) is 50.7 Å². The first-order valence-electron chi connectivity index (χ1n) is 23.3. The Hall–Kier alpha value is -1.88. The van der Waals surface area contributed by atoms with Gasteiger partial charge in [0, 0.05) is 0 Å². The first-order chi connectivity index (χ1) is 30.0. The maximum absolute atomic E-state index is 14.5. The van der Waals surface area contributed by atoms with Crippen LogP contribution in [0.1, 0.15) is 106 Å². The van der Waals surface area contributed by atoms with Crippen molar-refractivity contribution in [1.82, 2.24) is 0 Å². The third-order valence-corrected chi connectivity index (χ3v) is 18.1. The predicted molar refractivity (Wildman–Crippen MR) is 220 cm³/mol. The van der Waals surface area contributed by atoms with Crippen LogP contribution in [0, 0.1) is 50.7 Å². The second-order valence-corrected chi connectivity index (χ2v) is 22.4. The van der Waals surface area contributed by atoms with Crippen molar-refractivity contribution in [3.63, 3.8) is 0 Å². The van der Waals surface area contributed by atoms with Crippen LogP contribution >= 0.6 is 0 Å². The molecule has 3 saturated heterocycles. The summed E-state index contributed by atoms with van der Waals surface area (Å²) in [5.74, 6) is -1.48. The van der Waals surface area contributed by atoms with E-state index in [4.69, 9.17) is 28.4 Å². The van der Waals surface area contributed by atoms with Gasteiger partial charge in [0.1, 0.15) is 61.0 Å². The SMILES string of the molecule is CC1(C)CC[C@@]2(C(=O)O[C@@H]3O[C@H](CO)[C@@H](O)[C@H](O)[C@H]3O)CC[C@H]3C(=CC[C@H]4[C@]5(C)CC[C@H](O[C@@H]6O[C@H](C(=O)O)[C@@H](O[C@@H]7O[C@@H](CO)[C@H](O)[C@H]7O)[C@H](O)[C@H]6O)C(C)(C)[C@H]5CC[C@]43C)[C@@H]2C1. The van der Waals surface area contributed by atoms with Crippen molar-refractivity contribution in [2.75, 3.05) is 13.2 Å². The summed E-state index contributed by atoms with van der Waals surface area (Å²) in [6, 6.07) is 0. The summed E-state index contributed by atoms with van der Waals surface area (Å²) in [5.41, 5.74) is -0.367. The number of hydrogen-bond donors (Lipinski definition) is 10. The molecule has 22 atom stereocenters. The second kappa shape index (κ2) is 17.3. The van der Waals surface area contributed by atoms with E-state index >= 15 is 0 Å². The number of carbonyl (C=O) groups is 2. The van der Waals surface area contributed by atoms with E-state index in [2.05, 4.69) is 47.6 Å². The molecule has 64 heavy (non-hydrogen) atoms. The maximum atomic E-state index is 14.5. The molecular formula is C46H72O18.